The normalized spacial score (nSPS) is 16.0. The third-order valence-corrected chi connectivity index (χ3v) is 6.35. The average molecular weight is 469 g/mol. The monoisotopic (exact) mass is 468 g/mol. The van der Waals surface area contributed by atoms with Crippen LogP contribution in [-0.4, -0.2) is 16.2 Å². The Balaban J connectivity index is 1.68. The number of aromatic nitrogens is 2. The van der Waals surface area contributed by atoms with Crippen LogP contribution in [-0.2, 0) is 0 Å². The van der Waals surface area contributed by atoms with Crippen LogP contribution in [0.25, 0.3) is 17.0 Å². The van der Waals surface area contributed by atoms with Crippen LogP contribution >= 0.6 is 0 Å². The van der Waals surface area contributed by atoms with Gasteiger partial charge in [0.25, 0.3) is 5.89 Å². The molecular weight excluding hydrogens is 443 g/mol. The summed E-state index contributed by atoms with van der Waals surface area (Å²) < 4.78 is 19.8. The number of amides is 2. The summed E-state index contributed by atoms with van der Waals surface area (Å²) in [4.78, 5) is 19.4. The lowest BCUT2D eigenvalue weighted by atomic mass is 9.92. The van der Waals surface area contributed by atoms with Gasteiger partial charge in [0.2, 0.25) is 5.82 Å². The Morgan fingerprint density at radius 2 is 1.74 bits per heavy atom. The van der Waals surface area contributed by atoms with E-state index in [-0.39, 0.29) is 6.03 Å². The molecule has 5 rings (SSSR count). The van der Waals surface area contributed by atoms with Crippen molar-refractivity contribution < 1.29 is 13.7 Å². The van der Waals surface area contributed by atoms with Crippen LogP contribution < -0.4 is 10.2 Å². The molecule has 2 amide bonds. The quantitative estimate of drug-likeness (QED) is 0.371. The second-order valence-electron chi connectivity index (χ2n) is 8.83. The van der Waals surface area contributed by atoms with E-state index < -0.39 is 11.9 Å². The van der Waals surface area contributed by atoms with E-state index in [9.17, 15) is 9.18 Å². The van der Waals surface area contributed by atoms with E-state index in [2.05, 4.69) is 10.5 Å². The van der Waals surface area contributed by atoms with Gasteiger partial charge >= 0.3 is 6.03 Å². The molecule has 1 N–H and O–H groups in total. The molecular formula is C28H25FN4O2. The highest BCUT2D eigenvalue weighted by atomic mass is 19.1. The summed E-state index contributed by atoms with van der Waals surface area (Å²) in [7, 11) is 0. The molecule has 0 radical (unpaired) electrons. The van der Waals surface area contributed by atoms with E-state index >= 15 is 0 Å². The zero-order chi connectivity index (χ0) is 24.7. The van der Waals surface area contributed by atoms with E-state index in [1.807, 2.05) is 70.2 Å². The molecule has 0 fully saturated rings. The minimum absolute atomic E-state index is 0.295. The lowest BCUT2D eigenvalue weighted by molar-refractivity contribution is 0.244. The van der Waals surface area contributed by atoms with Gasteiger partial charge in [0, 0.05) is 11.3 Å². The highest BCUT2D eigenvalue weighted by molar-refractivity contribution is 6.01. The van der Waals surface area contributed by atoms with E-state index in [0.29, 0.717) is 28.7 Å². The van der Waals surface area contributed by atoms with Crippen LogP contribution in [0, 0.1) is 26.6 Å². The third kappa shape index (κ3) is 4.21. The lowest BCUT2D eigenvalue weighted by Gasteiger charge is -2.35. The first-order valence-electron chi connectivity index (χ1n) is 11.4. The number of hydrogen-bond acceptors (Lipinski definition) is 4. The molecule has 3 aromatic carbocycles. The number of halogens is 1. The fraction of sp³-hybridized carbons (Fsp3) is 0.179. The first-order chi connectivity index (χ1) is 16.8. The number of carbonyl (C=O) groups excluding carboxylic acids is 1. The molecule has 0 saturated heterocycles. The third-order valence-electron chi connectivity index (χ3n) is 6.35. The van der Waals surface area contributed by atoms with E-state index in [1.54, 1.807) is 12.1 Å². The first-order valence-corrected chi connectivity index (χ1v) is 11.4. The highest BCUT2D eigenvalue weighted by Gasteiger charge is 2.36. The number of nitrogens with zero attached hydrogens (tertiary/aromatic N) is 3. The number of aryl methyl sites for hydroxylation is 3. The van der Waals surface area contributed by atoms with E-state index in [0.717, 1.165) is 27.8 Å². The number of nitrogens with one attached hydrogen (secondary N) is 1. The van der Waals surface area contributed by atoms with Crippen LogP contribution in [0.4, 0.5) is 14.9 Å². The zero-order valence-corrected chi connectivity index (χ0v) is 20.0. The number of urea groups is 1. The van der Waals surface area contributed by atoms with Crippen LogP contribution in [0.2, 0.25) is 0 Å². The maximum atomic E-state index is 14.0. The minimum atomic E-state index is -0.516. The zero-order valence-electron chi connectivity index (χ0n) is 20.0. The summed E-state index contributed by atoms with van der Waals surface area (Å²) in [5.74, 6) is 0.320. The summed E-state index contributed by atoms with van der Waals surface area (Å²) >= 11 is 0. The van der Waals surface area contributed by atoms with Crippen molar-refractivity contribution in [3.8, 4) is 11.4 Å². The molecule has 0 aliphatic carbocycles. The molecule has 0 spiro atoms. The van der Waals surface area contributed by atoms with Crippen molar-refractivity contribution in [1.29, 1.82) is 0 Å². The standard InChI is InChI=1S/C28H25FN4O2/c1-16-7-5-8-21(13-16)26-31-27(35-32-26)24-19(4)33(23-10-6-9-22(29)15-23)28(34)30-25(24)20-12-11-17(2)18(3)14-20/h5-15,25H,1-4H3,(H,30,34). The summed E-state index contributed by atoms with van der Waals surface area (Å²) in [6, 6.07) is 18.9. The van der Waals surface area contributed by atoms with E-state index in [4.69, 9.17) is 9.51 Å². The minimum Gasteiger partial charge on any atom is -0.334 e. The van der Waals surface area contributed by atoms with Crippen molar-refractivity contribution in [2.45, 2.75) is 33.7 Å². The maximum absolute atomic E-state index is 14.0. The van der Waals surface area contributed by atoms with Gasteiger partial charge in [0.1, 0.15) is 5.82 Å². The van der Waals surface area contributed by atoms with Crippen LogP contribution in [0.5, 0.6) is 0 Å². The van der Waals surface area contributed by atoms with Gasteiger partial charge in [-0.3, -0.25) is 4.90 Å². The molecule has 1 aliphatic heterocycles. The lowest BCUT2D eigenvalue weighted by Crippen LogP contribution is -2.46. The number of allylic oxidation sites excluding steroid dienone is 1. The molecule has 0 bridgehead atoms. The Labute approximate surface area is 203 Å². The Bertz CT molecular complexity index is 1470. The number of rotatable bonds is 4. The Morgan fingerprint density at radius 1 is 0.943 bits per heavy atom. The summed E-state index contributed by atoms with van der Waals surface area (Å²) in [5, 5.41) is 7.28. The summed E-state index contributed by atoms with van der Waals surface area (Å²) in [6.07, 6.45) is 0. The second-order valence-corrected chi connectivity index (χ2v) is 8.83. The smallest absolute Gasteiger partial charge is 0.327 e. The SMILES string of the molecule is CC1=C(c2nc(-c3cccc(C)c3)no2)C(c2ccc(C)c(C)c2)NC(=O)N1c1cccc(F)c1. The fourth-order valence-electron chi connectivity index (χ4n) is 4.37. The van der Waals surface area contributed by atoms with Gasteiger partial charge in [-0.15, -0.1) is 0 Å². The second kappa shape index (κ2) is 8.83. The van der Waals surface area contributed by atoms with Gasteiger partial charge in [-0.2, -0.15) is 4.98 Å². The van der Waals surface area contributed by atoms with Gasteiger partial charge < -0.3 is 9.84 Å². The van der Waals surface area contributed by atoms with Gasteiger partial charge in [-0.1, -0.05) is 53.2 Å². The van der Waals surface area contributed by atoms with Gasteiger partial charge in [-0.05, 0) is 68.7 Å². The van der Waals surface area contributed by atoms with Crippen molar-refractivity contribution in [2.75, 3.05) is 4.90 Å². The predicted molar refractivity (Wildman–Crippen MR) is 133 cm³/mol. The Kier molecular flexibility index (Phi) is 5.68. The van der Waals surface area contributed by atoms with Crippen molar-refractivity contribution in [3.63, 3.8) is 0 Å². The molecule has 2 heterocycles. The Morgan fingerprint density at radius 3 is 2.49 bits per heavy atom. The number of carbonyl (C=O) groups is 1. The molecule has 7 heteroatoms. The van der Waals surface area contributed by atoms with Crippen molar-refractivity contribution >= 4 is 17.3 Å². The molecule has 1 aromatic heterocycles. The van der Waals surface area contributed by atoms with Crippen molar-refractivity contribution in [1.82, 2.24) is 15.5 Å². The summed E-state index contributed by atoms with van der Waals surface area (Å²) in [5.41, 5.74) is 6.72. The first kappa shape index (κ1) is 22.5. The average Bonchev–Trinajstić information content (AvgIpc) is 3.30. The van der Waals surface area contributed by atoms with Crippen LogP contribution in [0.3, 0.4) is 0 Å². The van der Waals surface area contributed by atoms with Crippen molar-refractivity contribution in [3.05, 3.63) is 106 Å². The Hall–Kier alpha value is -4.26. The van der Waals surface area contributed by atoms with Crippen LogP contribution in [0.15, 0.2) is 77.0 Å². The highest BCUT2D eigenvalue weighted by Crippen LogP contribution is 2.39. The largest absolute Gasteiger partial charge is 0.334 e. The molecule has 6 nitrogen and oxygen atoms in total. The molecule has 35 heavy (non-hydrogen) atoms. The van der Waals surface area contributed by atoms with Gasteiger partial charge in [0.05, 0.1) is 17.3 Å². The molecule has 1 unspecified atom stereocenters. The summed E-state index contributed by atoms with van der Waals surface area (Å²) in [6.45, 7) is 7.88. The fourth-order valence-corrected chi connectivity index (χ4v) is 4.37. The molecule has 4 aromatic rings. The molecule has 1 aliphatic rings. The number of benzene rings is 3. The van der Waals surface area contributed by atoms with Gasteiger partial charge in [0.15, 0.2) is 0 Å². The van der Waals surface area contributed by atoms with Gasteiger partial charge in [-0.25, -0.2) is 9.18 Å². The predicted octanol–water partition coefficient (Wildman–Crippen LogP) is 6.50. The molecule has 1 atom stereocenters. The topological polar surface area (TPSA) is 71.3 Å². The molecule has 176 valence electrons. The van der Waals surface area contributed by atoms with E-state index in [1.165, 1.54) is 17.0 Å². The maximum Gasteiger partial charge on any atom is 0.327 e. The number of hydrogen-bond donors (Lipinski definition) is 1. The number of anilines is 1. The van der Waals surface area contributed by atoms with Crippen molar-refractivity contribution in [2.24, 2.45) is 0 Å². The van der Waals surface area contributed by atoms with Crippen LogP contribution in [0.1, 0.15) is 41.1 Å². The molecule has 0 saturated carbocycles.